The van der Waals surface area contributed by atoms with E-state index in [4.69, 9.17) is 0 Å². The lowest BCUT2D eigenvalue weighted by Crippen LogP contribution is -2.41. The van der Waals surface area contributed by atoms with Crippen LogP contribution in [0, 0.1) is 11.3 Å². The van der Waals surface area contributed by atoms with E-state index < -0.39 is 5.54 Å². The number of nitrogens with zero attached hydrogens (tertiary/aromatic N) is 3. The summed E-state index contributed by atoms with van der Waals surface area (Å²) < 4.78 is 1.67. The maximum absolute atomic E-state index is 11.6. The molecule has 1 aromatic heterocycles. The van der Waals surface area contributed by atoms with Crippen molar-refractivity contribution < 1.29 is 0 Å². The number of nitriles is 1. The first kappa shape index (κ1) is 17.8. The molecular formula is C14H25N5OS. The van der Waals surface area contributed by atoms with Crippen LogP contribution in [0.2, 0.25) is 0 Å². The molecule has 6 nitrogen and oxygen atoms in total. The number of nitrogens with one attached hydrogen (secondary N) is 2. The van der Waals surface area contributed by atoms with Crippen molar-refractivity contribution in [2.75, 3.05) is 12.3 Å². The lowest BCUT2D eigenvalue weighted by molar-refractivity contribution is 0.415. The van der Waals surface area contributed by atoms with Crippen LogP contribution in [0.4, 0.5) is 0 Å². The maximum Gasteiger partial charge on any atom is 0.343 e. The molecule has 21 heavy (non-hydrogen) atoms. The molecule has 118 valence electrons. The van der Waals surface area contributed by atoms with Gasteiger partial charge in [0.15, 0.2) is 5.16 Å². The van der Waals surface area contributed by atoms with Gasteiger partial charge in [-0.2, -0.15) is 5.26 Å². The maximum atomic E-state index is 11.6. The van der Waals surface area contributed by atoms with Gasteiger partial charge in [-0.3, -0.25) is 9.88 Å². The smallest absolute Gasteiger partial charge is 0.300 e. The number of aromatic amines is 1. The third-order valence-corrected chi connectivity index (χ3v) is 4.30. The molecule has 1 unspecified atom stereocenters. The molecule has 1 atom stereocenters. The van der Waals surface area contributed by atoms with Crippen molar-refractivity contribution in [3.05, 3.63) is 10.5 Å². The highest BCUT2D eigenvalue weighted by Crippen LogP contribution is 2.19. The SMILES string of the molecule is CCCNC(C)(C#N)CCCSc1n[nH]c(=O)n1CCC. The van der Waals surface area contributed by atoms with Gasteiger partial charge in [0.2, 0.25) is 0 Å². The van der Waals surface area contributed by atoms with Crippen LogP contribution in [0.25, 0.3) is 0 Å². The second-order valence-electron chi connectivity index (χ2n) is 5.29. The van der Waals surface area contributed by atoms with Crippen LogP contribution in [0.1, 0.15) is 46.5 Å². The standard InChI is InChI=1S/C14H25N5OS/c1-4-8-16-14(3,11-15)7-6-10-21-13-18-17-12(20)19(13)9-5-2/h16H,4-10H2,1-3H3,(H,17,20). The predicted octanol–water partition coefficient (Wildman–Crippen LogP) is 2.14. The summed E-state index contributed by atoms with van der Waals surface area (Å²) in [7, 11) is 0. The minimum atomic E-state index is -0.467. The quantitative estimate of drug-likeness (QED) is 0.510. The lowest BCUT2D eigenvalue weighted by Gasteiger charge is -2.22. The van der Waals surface area contributed by atoms with Gasteiger partial charge in [0.1, 0.15) is 5.54 Å². The van der Waals surface area contributed by atoms with E-state index in [2.05, 4.69) is 28.5 Å². The van der Waals surface area contributed by atoms with Gasteiger partial charge in [-0.25, -0.2) is 9.89 Å². The molecule has 1 heterocycles. The zero-order valence-corrected chi connectivity index (χ0v) is 13.9. The summed E-state index contributed by atoms with van der Waals surface area (Å²) >= 11 is 1.57. The number of hydrogen-bond donors (Lipinski definition) is 2. The molecule has 0 fully saturated rings. The van der Waals surface area contributed by atoms with E-state index in [1.54, 1.807) is 16.3 Å². The fourth-order valence-electron chi connectivity index (χ4n) is 2.01. The molecule has 0 aliphatic rings. The fourth-order valence-corrected chi connectivity index (χ4v) is 2.92. The Bertz CT molecular complexity index is 518. The molecule has 0 aromatic carbocycles. The lowest BCUT2D eigenvalue weighted by atomic mass is 9.98. The number of rotatable bonds is 10. The predicted molar refractivity (Wildman–Crippen MR) is 85.4 cm³/mol. The number of H-pyrrole nitrogens is 1. The first-order valence-electron chi connectivity index (χ1n) is 7.50. The van der Waals surface area contributed by atoms with E-state index in [0.29, 0.717) is 6.54 Å². The molecule has 2 N–H and O–H groups in total. The van der Waals surface area contributed by atoms with Gasteiger partial charge in [0, 0.05) is 12.3 Å². The van der Waals surface area contributed by atoms with Gasteiger partial charge in [0.25, 0.3) is 0 Å². The third kappa shape index (κ3) is 5.56. The number of aromatic nitrogens is 3. The van der Waals surface area contributed by atoms with Gasteiger partial charge in [-0.15, -0.1) is 5.10 Å². The summed E-state index contributed by atoms with van der Waals surface area (Å²) in [4.78, 5) is 11.6. The summed E-state index contributed by atoms with van der Waals surface area (Å²) in [6.07, 6.45) is 3.61. The molecule has 7 heteroatoms. The Morgan fingerprint density at radius 1 is 1.48 bits per heavy atom. The minimum Gasteiger partial charge on any atom is -0.300 e. The Morgan fingerprint density at radius 2 is 2.24 bits per heavy atom. The summed E-state index contributed by atoms with van der Waals surface area (Å²) in [6, 6.07) is 2.35. The van der Waals surface area contributed by atoms with Gasteiger partial charge in [-0.1, -0.05) is 25.6 Å². The van der Waals surface area contributed by atoms with Crippen LogP contribution < -0.4 is 11.0 Å². The van der Waals surface area contributed by atoms with E-state index >= 15 is 0 Å². The zero-order chi connectivity index (χ0) is 15.7. The van der Waals surface area contributed by atoms with Crippen LogP contribution in [0.3, 0.4) is 0 Å². The average molecular weight is 311 g/mol. The van der Waals surface area contributed by atoms with Crippen LogP contribution in [0.15, 0.2) is 9.95 Å². The molecule has 0 aliphatic carbocycles. The Morgan fingerprint density at radius 3 is 2.86 bits per heavy atom. The number of thioether (sulfide) groups is 1. The van der Waals surface area contributed by atoms with Crippen molar-refractivity contribution in [2.45, 2.75) is 63.7 Å². The van der Waals surface area contributed by atoms with Crippen LogP contribution in [-0.2, 0) is 6.54 Å². The van der Waals surface area contributed by atoms with E-state index in [9.17, 15) is 10.1 Å². The molecule has 1 aromatic rings. The van der Waals surface area contributed by atoms with Crippen molar-refractivity contribution in [2.24, 2.45) is 0 Å². The van der Waals surface area contributed by atoms with Crippen LogP contribution in [0.5, 0.6) is 0 Å². The molecule has 0 aliphatic heterocycles. The topological polar surface area (TPSA) is 86.5 Å². The second-order valence-corrected chi connectivity index (χ2v) is 6.35. The normalized spacial score (nSPS) is 13.8. The monoisotopic (exact) mass is 311 g/mol. The molecular weight excluding hydrogens is 286 g/mol. The molecule has 0 radical (unpaired) electrons. The van der Waals surface area contributed by atoms with E-state index in [0.717, 1.165) is 43.1 Å². The van der Waals surface area contributed by atoms with Gasteiger partial charge < -0.3 is 0 Å². The minimum absolute atomic E-state index is 0.147. The molecule has 0 amide bonds. The van der Waals surface area contributed by atoms with Crippen molar-refractivity contribution in [3.63, 3.8) is 0 Å². The Balaban J connectivity index is 2.43. The van der Waals surface area contributed by atoms with Crippen molar-refractivity contribution in [1.82, 2.24) is 20.1 Å². The summed E-state index contributed by atoms with van der Waals surface area (Å²) in [5.74, 6) is 0.846. The van der Waals surface area contributed by atoms with Crippen molar-refractivity contribution in [3.8, 4) is 6.07 Å². The molecule has 0 saturated carbocycles. The highest BCUT2D eigenvalue weighted by atomic mass is 32.2. The third-order valence-electron chi connectivity index (χ3n) is 3.23. The van der Waals surface area contributed by atoms with E-state index in [1.165, 1.54) is 0 Å². The number of hydrogen-bond acceptors (Lipinski definition) is 5. The highest BCUT2D eigenvalue weighted by Gasteiger charge is 2.21. The first-order chi connectivity index (χ1) is 10.1. The van der Waals surface area contributed by atoms with Gasteiger partial charge >= 0.3 is 5.69 Å². The molecule has 0 saturated heterocycles. The fraction of sp³-hybridized carbons (Fsp3) is 0.786. The van der Waals surface area contributed by atoms with Gasteiger partial charge in [0.05, 0.1) is 6.07 Å². The molecule has 0 spiro atoms. The molecule has 1 rings (SSSR count). The highest BCUT2D eigenvalue weighted by molar-refractivity contribution is 7.99. The Labute approximate surface area is 130 Å². The molecule has 0 bridgehead atoms. The van der Waals surface area contributed by atoms with Crippen molar-refractivity contribution in [1.29, 1.82) is 5.26 Å². The van der Waals surface area contributed by atoms with Crippen LogP contribution >= 0.6 is 11.8 Å². The van der Waals surface area contributed by atoms with E-state index in [-0.39, 0.29) is 5.69 Å². The van der Waals surface area contributed by atoms with E-state index in [1.807, 2.05) is 13.8 Å². The van der Waals surface area contributed by atoms with Crippen molar-refractivity contribution >= 4 is 11.8 Å². The summed E-state index contributed by atoms with van der Waals surface area (Å²) in [5, 5.41) is 19.8. The average Bonchev–Trinajstić information content (AvgIpc) is 2.83. The van der Waals surface area contributed by atoms with Gasteiger partial charge in [-0.05, 0) is 39.2 Å². The summed E-state index contributed by atoms with van der Waals surface area (Å²) in [5.41, 5.74) is -0.614. The zero-order valence-electron chi connectivity index (χ0n) is 13.1. The Kier molecular flexibility index (Phi) is 7.54. The first-order valence-corrected chi connectivity index (χ1v) is 8.49. The second kappa shape index (κ2) is 8.90. The summed E-state index contributed by atoms with van der Waals surface area (Å²) in [6.45, 7) is 7.60. The van der Waals surface area contributed by atoms with Crippen LogP contribution in [-0.4, -0.2) is 32.6 Å². The Hall–Kier alpha value is -1.26. The largest absolute Gasteiger partial charge is 0.343 e.